The van der Waals surface area contributed by atoms with Crippen molar-refractivity contribution in [3.8, 4) is 5.75 Å². The van der Waals surface area contributed by atoms with Crippen molar-refractivity contribution in [3.63, 3.8) is 0 Å². The van der Waals surface area contributed by atoms with Crippen molar-refractivity contribution in [1.29, 1.82) is 0 Å². The van der Waals surface area contributed by atoms with Crippen LogP contribution in [-0.2, 0) is 6.18 Å². The van der Waals surface area contributed by atoms with Gasteiger partial charge in [-0.05, 0) is 74.2 Å². The molecule has 2 aromatic carbocycles. The first-order valence-electron chi connectivity index (χ1n) is 10.6. The quantitative estimate of drug-likeness (QED) is 0.468. The van der Waals surface area contributed by atoms with E-state index in [-0.39, 0.29) is 23.5 Å². The number of hydrogen-bond acceptors (Lipinski definition) is 4. The van der Waals surface area contributed by atoms with Crippen molar-refractivity contribution in [2.75, 3.05) is 12.4 Å². The summed E-state index contributed by atoms with van der Waals surface area (Å²) >= 11 is 6.09. The first kappa shape index (κ1) is 23.2. The van der Waals surface area contributed by atoms with E-state index in [0.29, 0.717) is 33.8 Å². The van der Waals surface area contributed by atoms with Crippen LogP contribution in [0.25, 0.3) is 10.9 Å². The van der Waals surface area contributed by atoms with E-state index in [4.69, 9.17) is 16.3 Å². The van der Waals surface area contributed by atoms with E-state index in [1.165, 1.54) is 12.1 Å². The molecule has 2 atom stereocenters. The Labute approximate surface area is 194 Å². The van der Waals surface area contributed by atoms with Crippen LogP contribution in [0.3, 0.4) is 0 Å². The van der Waals surface area contributed by atoms with E-state index >= 15 is 0 Å². The summed E-state index contributed by atoms with van der Waals surface area (Å²) in [5.74, 6) is 0.472. The number of ether oxygens (including phenoxy) is 1. The molecule has 3 aromatic rings. The van der Waals surface area contributed by atoms with Crippen molar-refractivity contribution in [1.82, 2.24) is 10.3 Å². The van der Waals surface area contributed by atoms with Crippen molar-refractivity contribution in [2.24, 2.45) is 0 Å². The lowest BCUT2D eigenvalue weighted by atomic mass is 9.90. The largest absolute Gasteiger partial charge is 0.497 e. The fraction of sp³-hybridized carbons (Fsp3) is 0.333. The summed E-state index contributed by atoms with van der Waals surface area (Å²) in [6, 6.07) is 12.3. The zero-order valence-corrected chi connectivity index (χ0v) is 18.6. The molecule has 174 valence electrons. The Balaban J connectivity index is 1.51. The smallest absolute Gasteiger partial charge is 0.433 e. The molecule has 0 unspecified atom stereocenters. The molecule has 0 spiro atoms. The SMILES string of the molecule is COc1ccc(C(=O)N[C@@H]2CCC[C@@H](Nc3cc(C(F)(F)F)nc4ccc(Cl)cc34)C2)cc1. The number of pyridine rings is 1. The topological polar surface area (TPSA) is 63.2 Å². The number of aromatic nitrogens is 1. The third-order valence-electron chi connectivity index (χ3n) is 5.78. The predicted molar refractivity (Wildman–Crippen MR) is 122 cm³/mol. The van der Waals surface area contributed by atoms with Crippen LogP contribution >= 0.6 is 11.6 Å². The number of rotatable bonds is 5. The number of alkyl halides is 3. The van der Waals surface area contributed by atoms with Crippen molar-refractivity contribution >= 4 is 34.1 Å². The number of carbonyl (C=O) groups excluding carboxylic acids is 1. The van der Waals surface area contributed by atoms with Gasteiger partial charge in [-0.3, -0.25) is 4.79 Å². The molecule has 1 aliphatic carbocycles. The summed E-state index contributed by atoms with van der Waals surface area (Å²) in [7, 11) is 1.56. The molecule has 4 rings (SSSR count). The minimum Gasteiger partial charge on any atom is -0.497 e. The van der Waals surface area contributed by atoms with Gasteiger partial charge in [-0.15, -0.1) is 0 Å². The molecular weight excluding hydrogens is 455 g/mol. The second-order valence-electron chi connectivity index (χ2n) is 8.12. The zero-order chi connectivity index (χ0) is 23.6. The van der Waals surface area contributed by atoms with Gasteiger partial charge >= 0.3 is 6.18 Å². The first-order chi connectivity index (χ1) is 15.7. The Morgan fingerprint density at radius 3 is 2.52 bits per heavy atom. The molecule has 33 heavy (non-hydrogen) atoms. The molecule has 1 aromatic heterocycles. The van der Waals surface area contributed by atoms with Gasteiger partial charge in [0.25, 0.3) is 5.91 Å². The number of amides is 1. The van der Waals surface area contributed by atoms with Crippen molar-refractivity contribution in [3.05, 3.63) is 64.8 Å². The van der Waals surface area contributed by atoms with Gasteiger partial charge in [-0.25, -0.2) is 4.98 Å². The van der Waals surface area contributed by atoms with E-state index in [0.717, 1.165) is 25.3 Å². The number of hydrogen-bond donors (Lipinski definition) is 2. The van der Waals surface area contributed by atoms with E-state index in [1.807, 2.05) is 0 Å². The summed E-state index contributed by atoms with van der Waals surface area (Å²) in [6.07, 6.45) is -1.56. The molecule has 1 amide bonds. The summed E-state index contributed by atoms with van der Waals surface area (Å²) in [4.78, 5) is 16.4. The number of halogens is 4. The summed E-state index contributed by atoms with van der Waals surface area (Å²) in [5.41, 5.74) is 0.120. The van der Waals surface area contributed by atoms with Gasteiger partial charge in [0, 0.05) is 33.7 Å². The van der Waals surface area contributed by atoms with Gasteiger partial charge in [-0.1, -0.05) is 11.6 Å². The Morgan fingerprint density at radius 1 is 1.09 bits per heavy atom. The van der Waals surface area contributed by atoms with Crippen LogP contribution in [0.4, 0.5) is 18.9 Å². The molecule has 5 nitrogen and oxygen atoms in total. The van der Waals surface area contributed by atoms with Crippen LogP contribution in [0.15, 0.2) is 48.5 Å². The Hall–Kier alpha value is -3.00. The number of benzene rings is 2. The normalized spacial score (nSPS) is 18.7. The number of fused-ring (bicyclic) bond motifs is 1. The number of nitrogens with one attached hydrogen (secondary N) is 2. The molecule has 1 aliphatic rings. The average Bonchev–Trinajstić information content (AvgIpc) is 2.79. The molecular formula is C24H23ClF3N3O2. The number of anilines is 1. The molecule has 0 radical (unpaired) electrons. The number of methoxy groups -OCH3 is 1. The van der Waals surface area contributed by atoms with Crippen molar-refractivity contribution < 1.29 is 22.7 Å². The fourth-order valence-corrected chi connectivity index (χ4v) is 4.32. The first-order valence-corrected chi connectivity index (χ1v) is 11.0. The van der Waals surface area contributed by atoms with Crippen molar-refractivity contribution in [2.45, 2.75) is 43.9 Å². The Kier molecular flexibility index (Phi) is 6.65. The summed E-state index contributed by atoms with van der Waals surface area (Å²) in [5, 5.41) is 7.24. The minimum absolute atomic E-state index is 0.0929. The lowest BCUT2D eigenvalue weighted by Gasteiger charge is -2.31. The van der Waals surface area contributed by atoms with Gasteiger partial charge in [0.2, 0.25) is 0 Å². The lowest BCUT2D eigenvalue weighted by Crippen LogP contribution is -2.41. The van der Waals surface area contributed by atoms with Crippen LogP contribution in [0.1, 0.15) is 41.7 Å². The third kappa shape index (κ3) is 5.50. The molecule has 0 aliphatic heterocycles. The zero-order valence-electron chi connectivity index (χ0n) is 17.9. The fourth-order valence-electron chi connectivity index (χ4n) is 4.15. The van der Waals surface area contributed by atoms with Gasteiger partial charge in [0.1, 0.15) is 11.4 Å². The highest BCUT2D eigenvalue weighted by atomic mass is 35.5. The van der Waals surface area contributed by atoms with Crippen LogP contribution in [0.5, 0.6) is 5.75 Å². The van der Waals surface area contributed by atoms with E-state index in [9.17, 15) is 18.0 Å². The van der Waals surface area contributed by atoms with E-state index < -0.39 is 11.9 Å². The molecule has 9 heteroatoms. The highest BCUT2D eigenvalue weighted by Crippen LogP contribution is 2.35. The molecule has 1 fully saturated rings. The minimum atomic E-state index is -4.56. The second kappa shape index (κ2) is 9.47. The maximum atomic E-state index is 13.4. The number of carbonyl (C=O) groups is 1. The summed E-state index contributed by atoms with van der Waals surface area (Å²) in [6.45, 7) is 0. The Bertz CT molecular complexity index is 1150. The van der Waals surface area contributed by atoms with Gasteiger partial charge in [0.15, 0.2) is 0 Å². The highest BCUT2D eigenvalue weighted by Gasteiger charge is 2.34. The molecule has 0 bridgehead atoms. The molecule has 1 saturated carbocycles. The van der Waals surface area contributed by atoms with Gasteiger partial charge in [-0.2, -0.15) is 13.2 Å². The molecule has 1 heterocycles. The molecule has 0 saturated heterocycles. The van der Waals surface area contributed by atoms with Gasteiger partial charge < -0.3 is 15.4 Å². The number of nitrogens with zero attached hydrogens (tertiary/aromatic N) is 1. The monoisotopic (exact) mass is 477 g/mol. The maximum Gasteiger partial charge on any atom is 0.433 e. The lowest BCUT2D eigenvalue weighted by molar-refractivity contribution is -0.140. The standard InChI is InChI=1S/C24H23ClF3N3O2/c1-33-18-8-5-14(6-9-18)23(32)30-17-4-2-3-16(12-17)29-21-13-22(24(26,27)28)31-20-10-7-15(25)11-19(20)21/h5-11,13,16-17H,2-4,12H2,1H3,(H,29,31)(H,30,32)/t16-,17-/m1/s1. The second-order valence-corrected chi connectivity index (χ2v) is 8.56. The van der Waals surface area contributed by atoms with Crippen LogP contribution < -0.4 is 15.4 Å². The van der Waals surface area contributed by atoms with E-state index in [2.05, 4.69) is 15.6 Å². The van der Waals surface area contributed by atoms with Gasteiger partial charge in [0.05, 0.1) is 12.6 Å². The average molecular weight is 478 g/mol. The highest BCUT2D eigenvalue weighted by molar-refractivity contribution is 6.31. The van der Waals surface area contributed by atoms with E-state index in [1.54, 1.807) is 37.4 Å². The third-order valence-corrected chi connectivity index (χ3v) is 6.02. The van der Waals surface area contributed by atoms with Crippen LogP contribution in [0.2, 0.25) is 5.02 Å². The molecule has 2 N–H and O–H groups in total. The Morgan fingerprint density at radius 2 is 1.82 bits per heavy atom. The maximum absolute atomic E-state index is 13.4. The van der Waals surface area contributed by atoms with Crippen LogP contribution in [0, 0.1) is 0 Å². The van der Waals surface area contributed by atoms with Crippen LogP contribution in [-0.4, -0.2) is 30.1 Å². The summed E-state index contributed by atoms with van der Waals surface area (Å²) < 4.78 is 45.3. The predicted octanol–water partition coefficient (Wildman–Crippen LogP) is 6.07.